The molecule has 0 spiro atoms. The van der Waals surface area contributed by atoms with Crippen LogP contribution in [0.2, 0.25) is 0 Å². The van der Waals surface area contributed by atoms with Crippen LogP contribution in [0, 0.1) is 5.92 Å². The molecule has 0 radical (unpaired) electrons. The number of carbonyl (C=O) groups excluding carboxylic acids is 1. The molecule has 1 aromatic carbocycles. The van der Waals surface area contributed by atoms with Crippen molar-refractivity contribution in [3.63, 3.8) is 0 Å². The lowest BCUT2D eigenvalue weighted by atomic mass is 9.64. The molecule has 1 aliphatic carbocycles. The molecule has 1 aliphatic heterocycles. The van der Waals surface area contributed by atoms with Gasteiger partial charge in [0.05, 0.1) is 0 Å². The second-order valence-corrected chi connectivity index (χ2v) is 7.30. The molecule has 0 aromatic heterocycles. The lowest BCUT2D eigenvalue weighted by Crippen LogP contribution is -2.48. The van der Waals surface area contributed by atoms with Crippen molar-refractivity contribution in [2.24, 2.45) is 5.92 Å². The molecule has 2 N–H and O–H groups in total. The third kappa shape index (κ3) is 3.32. The Morgan fingerprint density at radius 3 is 2.48 bits per heavy atom. The molecule has 1 heterocycles. The van der Waals surface area contributed by atoms with Crippen molar-refractivity contribution >= 4 is 21.8 Å². The van der Waals surface area contributed by atoms with Gasteiger partial charge in [-0.2, -0.15) is 0 Å². The summed E-state index contributed by atoms with van der Waals surface area (Å²) >= 11 is 3.49. The van der Waals surface area contributed by atoms with Gasteiger partial charge in [-0.3, -0.25) is 4.79 Å². The minimum Gasteiger partial charge on any atom is -0.355 e. The Hall–Kier alpha value is -0.870. The minimum atomic E-state index is 0.170. The van der Waals surface area contributed by atoms with Gasteiger partial charge < -0.3 is 10.6 Å². The summed E-state index contributed by atoms with van der Waals surface area (Å²) in [6.45, 7) is 2.73. The van der Waals surface area contributed by atoms with E-state index in [0.29, 0.717) is 0 Å². The van der Waals surface area contributed by atoms with Crippen LogP contribution in [0.5, 0.6) is 0 Å². The zero-order chi connectivity index (χ0) is 14.7. The van der Waals surface area contributed by atoms with Crippen LogP contribution in [0.25, 0.3) is 0 Å². The number of benzene rings is 1. The van der Waals surface area contributed by atoms with Crippen molar-refractivity contribution in [1.82, 2.24) is 10.6 Å². The van der Waals surface area contributed by atoms with Gasteiger partial charge in [-0.05, 0) is 56.5 Å². The van der Waals surface area contributed by atoms with Crippen LogP contribution < -0.4 is 10.6 Å². The van der Waals surface area contributed by atoms with E-state index in [1.807, 2.05) is 0 Å². The van der Waals surface area contributed by atoms with Gasteiger partial charge in [0.2, 0.25) is 5.91 Å². The summed E-state index contributed by atoms with van der Waals surface area (Å²) in [7, 11) is 0. The van der Waals surface area contributed by atoms with E-state index < -0.39 is 0 Å². The number of hydrogen-bond donors (Lipinski definition) is 2. The summed E-state index contributed by atoms with van der Waals surface area (Å²) < 4.78 is 1.11. The first-order valence-corrected chi connectivity index (χ1v) is 8.73. The summed E-state index contributed by atoms with van der Waals surface area (Å²) in [5.41, 5.74) is 1.53. The highest BCUT2D eigenvalue weighted by atomic mass is 79.9. The van der Waals surface area contributed by atoms with Gasteiger partial charge in [0.15, 0.2) is 0 Å². The normalized spacial score (nSPS) is 21.6. The zero-order valence-corrected chi connectivity index (χ0v) is 13.9. The fraction of sp³-hybridized carbons (Fsp3) is 0.588. The zero-order valence-electron chi connectivity index (χ0n) is 12.3. The van der Waals surface area contributed by atoms with Gasteiger partial charge in [-0.1, -0.05) is 34.5 Å². The summed E-state index contributed by atoms with van der Waals surface area (Å²) in [4.78, 5) is 12.3. The van der Waals surface area contributed by atoms with Gasteiger partial charge in [0.1, 0.15) is 0 Å². The SMILES string of the molecule is O=C(NCC1(c2ccc(Br)cc2)CCC1)C1CCNCC1. The van der Waals surface area contributed by atoms with Crippen LogP contribution in [0.15, 0.2) is 28.7 Å². The topological polar surface area (TPSA) is 41.1 Å². The third-order valence-electron chi connectivity index (χ3n) is 5.08. The van der Waals surface area contributed by atoms with E-state index in [1.165, 1.54) is 24.8 Å². The third-order valence-corrected chi connectivity index (χ3v) is 5.61. The van der Waals surface area contributed by atoms with Crippen molar-refractivity contribution in [3.8, 4) is 0 Å². The number of amides is 1. The Kier molecular flexibility index (Phi) is 4.65. The molecule has 3 nitrogen and oxygen atoms in total. The molecule has 1 aromatic rings. The second-order valence-electron chi connectivity index (χ2n) is 6.38. The number of nitrogens with one attached hydrogen (secondary N) is 2. The van der Waals surface area contributed by atoms with E-state index in [0.717, 1.165) is 36.9 Å². The molecule has 2 aliphatic rings. The largest absolute Gasteiger partial charge is 0.355 e. The standard InChI is InChI=1S/C17H23BrN2O/c18-15-4-2-14(3-5-15)17(8-1-9-17)12-20-16(21)13-6-10-19-11-7-13/h2-5,13,19H,1,6-12H2,(H,20,21). The number of halogens is 1. The predicted molar refractivity (Wildman–Crippen MR) is 88.3 cm³/mol. The molecular formula is C17H23BrN2O. The average molecular weight is 351 g/mol. The van der Waals surface area contributed by atoms with Crippen LogP contribution >= 0.6 is 15.9 Å². The van der Waals surface area contributed by atoms with Crippen LogP contribution in [0.3, 0.4) is 0 Å². The van der Waals surface area contributed by atoms with E-state index in [-0.39, 0.29) is 17.2 Å². The molecular weight excluding hydrogens is 328 g/mol. The summed E-state index contributed by atoms with van der Waals surface area (Å²) in [6.07, 6.45) is 5.57. The van der Waals surface area contributed by atoms with Crippen molar-refractivity contribution in [3.05, 3.63) is 34.3 Å². The Balaban J connectivity index is 1.61. The van der Waals surface area contributed by atoms with Gasteiger partial charge in [-0.15, -0.1) is 0 Å². The van der Waals surface area contributed by atoms with E-state index in [2.05, 4.69) is 50.8 Å². The molecule has 114 valence electrons. The number of carbonyl (C=O) groups is 1. The Morgan fingerprint density at radius 2 is 1.90 bits per heavy atom. The number of piperidine rings is 1. The van der Waals surface area contributed by atoms with Crippen LogP contribution in [-0.4, -0.2) is 25.5 Å². The molecule has 0 bridgehead atoms. The summed E-state index contributed by atoms with van der Waals surface area (Å²) in [5.74, 6) is 0.452. The van der Waals surface area contributed by atoms with E-state index in [1.54, 1.807) is 0 Å². The van der Waals surface area contributed by atoms with Crippen molar-refractivity contribution in [2.45, 2.75) is 37.5 Å². The molecule has 2 fully saturated rings. The lowest BCUT2D eigenvalue weighted by Gasteiger charge is -2.43. The van der Waals surface area contributed by atoms with Crippen molar-refractivity contribution in [2.75, 3.05) is 19.6 Å². The van der Waals surface area contributed by atoms with Crippen molar-refractivity contribution in [1.29, 1.82) is 0 Å². The molecule has 1 amide bonds. The van der Waals surface area contributed by atoms with E-state index in [9.17, 15) is 4.79 Å². The van der Waals surface area contributed by atoms with E-state index in [4.69, 9.17) is 0 Å². The quantitative estimate of drug-likeness (QED) is 0.876. The molecule has 0 atom stereocenters. The number of rotatable bonds is 4. The lowest BCUT2D eigenvalue weighted by molar-refractivity contribution is -0.126. The fourth-order valence-corrected chi connectivity index (χ4v) is 3.72. The summed E-state index contributed by atoms with van der Waals surface area (Å²) in [6, 6.07) is 8.59. The Labute approximate surface area is 135 Å². The van der Waals surface area contributed by atoms with Crippen LogP contribution in [0.1, 0.15) is 37.7 Å². The van der Waals surface area contributed by atoms with Gasteiger partial charge in [0.25, 0.3) is 0 Å². The predicted octanol–water partition coefficient (Wildman–Crippen LogP) is 2.99. The van der Waals surface area contributed by atoms with Crippen LogP contribution in [0.4, 0.5) is 0 Å². The summed E-state index contributed by atoms with van der Waals surface area (Å²) in [5, 5.41) is 6.54. The maximum atomic E-state index is 12.3. The fourth-order valence-electron chi connectivity index (χ4n) is 3.46. The maximum absolute atomic E-state index is 12.3. The average Bonchev–Trinajstić information content (AvgIpc) is 2.48. The Bertz CT molecular complexity index is 490. The molecule has 3 rings (SSSR count). The minimum absolute atomic E-state index is 0.170. The maximum Gasteiger partial charge on any atom is 0.223 e. The highest BCUT2D eigenvalue weighted by molar-refractivity contribution is 9.10. The molecule has 1 saturated heterocycles. The highest BCUT2D eigenvalue weighted by Gasteiger charge is 2.39. The first kappa shape index (κ1) is 15.0. The Morgan fingerprint density at radius 1 is 1.24 bits per heavy atom. The molecule has 1 saturated carbocycles. The van der Waals surface area contributed by atoms with Crippen molar-refractivity contribution < 1.29 is 4.79 Å². The van der Waals surface area contributed by atoms with Gasteiger partial charge in [-0.25, -0.2) is 0 Å². The van der Waals surface area contributed by atoms with Crippen LogP contribution in [-0.2, 0) is 10.2 Å². The first-order chi connectivity index (χ1) is 10.2. The number of hydrogen-bond acceptors (Lipinski definition) is 2. The van der Waals surface area contributed by atoms with Gasteiger partial charge in [0, 0.05) is 22.4 Å². The monoisotopic (exact) mass is 350 g/mol. The van der Waals surface area contributed by atoms with E-state index >= 15 is 0 Å². The highest BCUT2D eigenvalue weighted by Crippen LogP contribution is 2.43. The molecule has 4 heteroatoms. The molecule has 0 unspecified atom stereocenters. The second kappa shape index (κ2) is 6.49. The smallest absolute Gasteiger partial charge is 0.223 e. The van der Waals surface area contributed by atoms with Gasteiger partial charge >= 0.3 is 0 Å². The molecule has 21 heavy (non-hydrogen) atoms. The first-order valence-electron chi connectivity index (χ1n) is 7.94.